The third-order valence-corrected chi connectivity index (χ3v) is 2.67. The zero-order valence-electron chi connectivity index (χ0n) is 8.88. The van der Waals surface area contributed by atoms with E-state index < -0.39 is 0 Å². The molecule has 0 atom stereocenters. The van der Waals surface area contributed by atoms with Gasteiger partial charge in [0.25, 0.3) is 0 Å². The van der Waals surface area contributed by atoms with Gasteiger partial charge in [0, 0.05) is 15.8 Å². The number of halogens is 1. The van der Waals surface area contributed by atoms with E-state index in [1.807, 2.05) is 12.1 Å². The van der Waals surface area contributed by atoms with Crippen molar-refractivity contribution in [1.82, 2.24) is 5.32 Å². The van der Waals surface area contributed by atoms with Crippen molar-refractivity contribution in [2.24, 2.45) is 5.92 Å². The van der Waals surface area contributed by atoms with Gasteiger partial charge in [-0.2, -0.15) is 0 Å². The molecule has 1 aromatic rings. The first-order valence-corrected chi connectivity index (χ1v) is 6.37. The fraction of sp³-hybridized carbons (Fsp3) is 0.364. The smallest absolute Gasteiger partial charge is 0.170 e. The van der Waals surface area contributed by atoms with Gasteiger partial charge in [-0.15, -0.1) is 0 Å². The van der Waals surface area contributed by atoms with Gasteiger partial charge in [-0.05, 0) is 58.9 Å². The summed E-state index contributed by atoms with van der Waals surface area (Å²) < 4.78 is 1.20. The molecule has 0 heterocycles. The summed E-state index contributed by atoms with van der Waals surface area (Å²) in [5.41, 5.74) is 1.03. The maximum atomic E-state index is 5.17. The summed E-state index contributed by atoms with van der Waals surface area (Å²) in [6, 6.07) is 8.13. The van der Waals surface area contributed by atoms with Crippen molar-refractivity contribution in [2.45, 2.75) is 13.8 Å². The molecule has 1 rings (SSSR count). The average Bonchev–Trinajstić information content (AvgIpc) is 2.15. The fourth-order valence-electron chi connectivity index (χ4n) is 1.04. The first-order valence-electron chi connectivity index (χ1n) is 4.88. The molecule has 2 nitrogen and oxygen atoms in total. The Bertz CT molecular complexity index is 339. The monoisotopic (exact) mass is 334 g/mol. The summed E-state index contributed by atoms with van der Waals surface area (Å²) in [6.07, 6.45) is 0. The van der Waals surface area contributed by atoms with Crippen LogP contribution in [0.3, 0.4) is 0 Å². The van der Waals surface area contributed by atoms with E-state index in [4.69, 9.17) is 12.2 Å². The highest BCUT2D eigenvalue weighted by Gasteiger charge is 1.98. The molecule has 0 aromatic heterocycles. The molecule has 0 saturated heterocycles. The van der Waals surface area contributed by atoms with Crippen LogP contribution in [0, 0.1) is 9.49 Å². The normalized spacial score (nSPS) is 10.1. The van der Waals surface area contributed by atoms with Crippen LogP contribution in [0.1, 0.15) is 13.8 Å². The summed E-state index contributed by atoms with van der Waals surface area (Å²) in [5, 5.41) is 7.01. The molecule has 0 aliphatic heterocycles. The predicted molar refractivity (Wildman–Crippen MR) is 78.2 cm³/mol. The van der Waals surface area contributed by atoms with Crippen molar-refractivity contribution in [3.8, 4) is 0 Å². The first-order chi connectivity index (χ1) is 7.08. The van der Waals surface area contributed by atoms with Crippen molar-refractivity contribution in [2.75, 3.05) is 11.9 Å². The topological polar surface area (TPSA) is 24.1 Å². The van der Waals surface area contributed by atoms with Crippen LogP contribution in [0.2, 0.25) is 0 Å². The zero-order chi connectivity index (χ0) is 11.3. The van der Waals surface area contributed by atoms with Crippen LogP contribution in [0.15, 0.2) is 24.3 Å². The van der Waals surface area contributed by atoms with E-state index in [0.29, 0.717) is 11.0 Å². The van der Waals surface area contributed by atoms with Gasteiger partial charge in [0.05, 0.1) is 0 Å². The Morgan fingerprint density at radius 2 is 2.20 bits per heavy atom. The lowest BCUT2D eigenvalue weighted by Gasteiger charge is -2.12. The molecule has 0 amide bonds. The zero-order valence-corrected chi connectivity index (χ0v) is 11.9. The van der Waals surface area contributed by atoms with Crippen molar-refractivity contribution < 1.29 is 0 Å². The molecule has 82 valence electrons. The van der Waals surface area contributed by atoms with Crippen LogP contribution in [-0.2, 0) is 0 Å². The van der Waals surface area contributed by atoms with Gasteiger partial charge in [0.15, 0.2) is 5.11 Å². The number of thiocarbonyl (C=S) groups is 1. The van der Waals surface area contributed by atoms with Crippen LogP contribution < -0.4 is 10.6 Å². The molecule has 0 aliphatic carbocycles. The van der Waals surface area contributed by atoms with Crippen molar-refractivity contribution in [1.29, 1.82) is 0 Å². The van der Waals surface area contributed by atoms with Crippen LogP contribution in [0.25, 0.3) is 0 Å². The lowest BCUT2D eigenvalue weighted by molar-refractivity contribution is 0.627. The van der Waals surface area contributed by atoms with Gasteiger partial charge in [-0.1, -0.05) is 19.9 Å². The second-order valence-electron chi connectivity index (χ2n) is 3.74. The molecule has 2 N–H and O–H groups in total. The molecule has 4 heteroatoms. The Balaban J connectivity index is 2.44. The Labute approximate surface area is 110 Å². The molecule has 0 spiro atoms. The fourth-order valence-corrected chi connectivity index (χ4v) is 1.78. The number of rotatable bonds is 3. The van der Waals surface area contributed by atoms with E-state index in [1.165, 1.54) is 3.57 Å². The highest BCUT2D eigenvalue weighted by Crippen LogP contribution is 2.11. The molecule has 0 saturated carbocycles. The Hall–Kier alpha value is -0.360. The Morgan fingerprint density at radius 3 is 2.80 bits per heavy atom. The van der Waals surface area contributed by atoms with Gasteiger partial charge < -0.3 is 10.6 Å². The number of nitrogens with one attached hydrogen (secondary N) is 2. The lowest BCUT2D eigenvalue weighted by atomic mass is 10.2. The van der Waals surface area contributed by atoms with E-state index in [-0.39, 0.29) is 0 Å². The lowest BCUT2D eigenvalue weighted by Crippen LogP contribution is -2.31. The molecule has 1 aromatic carbocycles. The molecular weight excluding hydrogens is 319 g/mol. The van der Waals surface area contributed by atoms with E-state index in [0.717, 1.165) is 12.2 Å². The van der Waals surface area contributed by atoms with Crippen LogP contribution in [-0.4, -0.2) is 11.7 Å². The van der Waals surface area contributed by atoms with E-state index >= 15 is 0 Å². The minimum Gasteiger partial charge on any atom is -0.362 e. The molecule has 0 bridgehead atoms. The van der Waals surface area contributed by atoms with Crippen LogP contribution in [0.4, 0.5) is 5.69 Å². The van der Waals surface area contributed by atoms with E-state index in [9.17, 15) is 0 Å². The molecule has 0 fully saturated rings. The van der Waals surface area contributed by atoms with Crippen LogP contribution in [0.5, 0.6) is 0 Å². The summed E-state index contributed by atoms with van der Waals surface area (Å²) in [4.78, 5) is 0. The van der Waals surface area contributed by atoms with Gasteiger partial charge in [0.1, 0.15) is 0 Å². The summed E-state index contributed by atoms with van der Waals surface area (Å²) in [6.45, 7) is 5.21. The standard InChI is InChI=1S/C11H15IN2S/c1-8(2)7-13-11(15)14-10-5-3-4-9(12)6-10/h3-6,8H,7H2,1-2H3,(H2,13,14,15). The number of anilines is 1. The van der Waals surface area contributed by atoms with Crippen molar-refractivity contribution >= 4 is 45.6 Å². The quantitative estimate of drug-likeness (QED) is 0.656. The minimum atomic E-state index is 0.598. The average molecular weight is 334 g/mol. The SMILES string of the molecule is CC(C)CNC(=S)Nc1cccc(I)c1. The predicted octanol–water partition coefficient (Wildman–Crippen LogP) is 3.23. The van der Waals surface area contributed by atoms with Gasteiger partial charge in [0.2, 0.25) is 0 Å². The highest BCUT2D eigenvalue weighted by atomic mass is 127. The third-order valence-electron chi connectivity index (χ3n) is 1.75. The van der Waals surface area contributed by atoms with Gasteiger partial charge in [-0.25, -0.2) is 0 Å². The maximum absolute atomic E-state index is 5.17. The molecule has 15 heavy (non-hydrogen) atoms. The summed E-state index contributed by atoms with van der Waals surface area (Å²) in [7, 11) is 0. The molecule has 0 radical (unpaired) electrons. The summed E-state index contributed by atoms with van der Waals surface area (Å²) >= 11 is 7.45. The van der Waals surface area contributed by atoms with Crippen molar-refractivity contribution in [3.63, 3.8) is 0 Å². The highest BCUT2D eigenvalue weighted by molar-refractivity contribution is 14.1. The Kier molecular flexibility index (Phi) is 5.31. The van der Waals surface area contributed by atoms with Gasteiger partial charge >= 0.3 is 0 Å². The molecule has 0 unspecified atom stereocenters. The second-order valence-corrected chi connectivity index (χ2v) is 5.39. The second kappa shape index (κ2) is 6.27. The number of hydrogen-bond acceptors (Lipinski definition) is 1. The van der Waals surface area contributed by atoms with Crippen LogP contribution >= 0.6 is 34.8 Å². The molecule has 0 aliphatic rings. The first kappa shape index (κ1) is 12.7. The largest absolute Gasteiger partial charge is 0.362 e. The minimum absolute atomic E-state index is 0.598. The molecular formula is C11H15IN2S. The van der Waals surface area contributed by atoms with E-state index in [1.54, 1.807) is 0 Å². The number of benzene rings is 1. The van der Waals surface area contributed by atoms with Gasteiger partial charge in [-0.3, -0.25) is 0 Å². The summed E-state index contributed by atoms with van der Waals surface area (Å²) in [5.74, 6) is 0.598. The Morgan fingerprint density at radius 1 is 1.47 bits per heavy atom. The third kappa shape index (κ3) is 5.32. The van der Waals surface area contributed by atoms with E-state index in [2.05, 4.69) is 59.2 Å². The maximum Gasteiger partial charge on any atom is 0.170 e. The van der Waals surface area contributed by atoms with Crippen molar-refractivity contribution in [3.05, 3.63) is 27.8 Å². The number of hydrogen-bond donors (Lipinski definition) is 2.